The highest BCUT2D eigenvalue weighted by atomic mass is 127. The number of hydrogen-bond donors (Lipinski definition) is 2. The predicted octanol–water partition coefficient (Wildman–Crippen LogP) is 3.32. The summed E-state index contributed by atoms with van der Waals surface area (Å²) in [7, 11) is 1.71. The Balaban J connectivity index is 0.00000300. The van der Waals surface area contributed by atoms with Gasteiger partial charge < -0.3 is 20.3 Å². The van der Waals surface area contributed by atoms with Gasteiger partial charge >= 0.3 is 0 Å². The molecule has 8 heteroatoms. The summed E-state index contributed by atoms with van der Waals surface area (Å²) in [6, 6.07) is 8.27. The Morgan fingerprint density at radius 3 is 2.90 bits per heavy atom. The Kier molecular flexibility index (Phi) is 9.22. The number of thiophene rings is 1. The molecule has 0 bridgehead atoms. The highest BCUT2D eigenvalue weighted by Gasteiger charge is 2.21. The number of nitrogens with one attached hydrogen (secondary N) is 2. The Bertz CT molecular complexity index is 853. The highest BCUT2D eigenvalue weighted by molar-refractivity contribution is 14.0. The number of aliphatic imine (C=N–C) groups is 1. The Morgan fingerprint density at radius 2 is 2.14 bits per heavy atom. The largest absolute Gasteiger partial charge is 0.494 e. The van der Waals surface area contributed by atoms with Gasteiger partial charge in [0.2, 0.25) is 5.91 Å². The van der Waals surface area contributed by atoms with Gasteiger partial charge in [-0.1, -0.05) is 12.1 Å². The van der Waals surface area contributed by atoms with Crippen LogP contribution in [0.15, 0.2) is 34.6 Å². The highest BCUT2D eigenvalue weighted by Crippen LogP contribution is 2.24. The maximum atomic E-state index is 12.6. The molecule has 0 atom stereocenters. The quantitative estimate of drug-likeness (QED) is 0.343. The fourth-order valence-electron chi connectivity index (χ4n) is 3.23. The molecule has 1 aromatic heterocycles. The van der Waals surface area contributed by atoms with E-state index in [0.29, 0.717) is 25.7 Å². The predicted molar refractivity (Wildman–Crippen MR) is 129 cm³/mol. The second-order valence-electron chi connectivity index (χ2n) is 6.76. The normalized spacial score (nSPS) is 13.3. The molecule has 1 aliphatic rings. The molecule has 0 unspecified atom stereocenters. The molecular weight excluding hydrogens is 499 g/mol. The first-order valence-electron chi connectivity index (χ1n) is 9.60. The molecule has 6 nitrogen and oxygen atoms in total. The molecule has 0 radical (unpaired) electrons. The van der Waals surface area contributed by atoms with Crippen LogP contribution in [0.25, 0.3) is 0 Å². The van der Waals surface area contributed by atoms with E-state index in [1.165, 1.54) is 10.4 Å². The lowest BCUT2D eigenvalue weighted by Gasteiger charge is -2.27. The van der Waals surface area contributed by atoms with Crippen molar-refractivity contribution < 1.29 is 9.53 Å². The van der Waals surface area contributed by atoms with Crippen LogP contribution in [0.3, 0.4) is 0 Å². The minimum atomic E-state index is 0. The van der Waals surface area contributed by atoms with Crippen molar-refractivity contribution in [1.29, 1.82) is 0 Å². The maximum absolute atomic E-state index is 12.6. The Hall–Kier alpha value is -1.81. The molecule has 1 amide bonds. The van der Waals surface area contributed by atoms with Crippen LogP contribution in [0.1, 0.15) is 28.5 Å². The van der Waals surface area contributed by atoms with E-state index in [4.69, 9.17) is 4.74 Å². The fraction of sp³-hybridized carbons (Fsp3) is 0.429. The molecule has 1 aliphatic heterocycles. The van der Waals surface area contributed by atoms with Crippen LogP contribution >= 0.6 is 35.3 Å². The van der Waals surface area contributed by atoms with Gasteiger partial charge in [-0.05, 0) is 48.9 Å². The van der Waals surface area contributed by atoms with Crippen molar-refractivity contribution in [3.63, 3.8) is 0 Å². The van der Waals surface area contributed by atoms with Crippen molar-refractivity contribution in [1.82, 2.24) is 15.5 Å². The third kappa shape index (κ3) is 6.33. The van der Waals surface area contributed by atoms with Gasteiger partial charge in [0.05, 0.1) is 13.2 Å². The Labute approximate surface area is 193 Å². The van der Waals surface area contributed by atoms with Crippen LogP contribution in [-0.2, 0) is 24.3 Å². The number of halogens is 1. The molecule has 0 fully saturated rings. The summed E-state index contributed by atoms with van der Waals surface area (Å²) < 4.78 is 5.72. The van der Waals surface area contributed by atoms with Crippen molar-refractivity contribution in [2.75, 3.05) is 26.7 Å². The van der Waals surface area contributed by atoms with E-state index in [9.17, 15) is 4.79 Å². The van der Waals surface area contributed by atoms with Crippen molar-refractivity contribution in [3.8, 4) is 5.75 Å². The number of aryl methyl sites for hydroxylation is 1. The van der Waals surface area contributed by atoms with E-state index in [1.54, 1.807) is 18.4 Å². The van der Waals surface area contributed by atoms with Crippen LogP contribution in [-0.4, -0.2) is 43.5 Å². The lowest BCUT2D eigenvalue weighted by Crippen LogP contribution is -2.45. The minimum absolute atomic E-state index is 0. The number of guanidine groups is 1. The number of hydrogen-bond acceptors (Lipinski definition) is 4. The van der Waals surface area contributed by atoms with Crippen molar-refractivity contribution in [2.24, 2.45) is 4.99 Å². The molecule has 0 spiro atoms. The lowest BCUT2D eigenvalue weighted by atomic mass is 10.1. The van der Waals surface area contributed by atoms with E-state index in [2.05, 4.69) is 39.2 Å². The molecule has 2 aromatic rings. The zero-order valence-electron chi connectivity index (χ0n) is 17.2. The van der Waals surface area contributed by atoms with E-state index >= 15 is 0 Å². The maximum Gasteiger partial charge on any atom is 0.242 e. The van der Waals surface area contributed by atoms with Gasteiger partial charge in [-0.25, -0.2) is 0 Å². The number of nitrogens with zero attached hydrogens (tertiary/aromatic N) is 2. The molecule has 0 aliphatic carbocycles. The first-order valence-corrected chi connectivity index (χ1v) is 10.5. The standard InChI is InChI=1S/C21H28N4O2S.HI/c1-4-27-18-11-15(2)5-6-16(18)12-23-21(22-3)24-13-20(26)25-9-7-19-17(14-25)8-10-28-19;/h5-6,8,10-11H,4,7,9,12-14H2,1-3H3,(H2,22,23,24);1H. The number of ether oxygens (including phenoxy) is 1. The van der Waals surface area contributed by atoms with Crippen LogP contribution in [0.5, 0.6) is 5.75 Å². The number of fused-ring (bicyclic) bond motifs is 1. The van der Waals surface area contributed by atoms with Crippen LogP contribution < -0.4 is 15.4 Å². The van der Waals surface area contributed by atoms with Gasteiger partial charge in [0, 0.05) is 37.1 Å². The average molecular weight is 528 g/mol. The summed E-state index contributed by atoms with van der Waals surface area (Å²) in [6.45, 7) is 6.93. The molecule has 0 saturated heterocycles. The first kappa shape index (κ1) is 23.5. The van der Waals surface area contributed by atoms with Crippen molar-refractivity contribution >= 4 is 47.2 Å². The molecule has 0 saturated carbocycles. The minimum Gasteiger partial charge on any atom is -0.494 e. The monoisotopic (exact) mass is 528 g/mol. The van der Waals surface area contributed by atoms with Crippen LogP contribution in [0.2, 0.25) is 0 Å². The third-order valence-electron chi connectivity index (χ3n) is 4.76. The SMILES string of the molecule is CCOc1cc(C)ccc1CNC(=NC)NCC(=O)N1CCc2sccc2C1.I. The van der Waals surface area contributed by atoms with Crippen LogP contribution in [0.4, 0.5) is 0 Å². The number of carbonyl (C=O) groups is 1. The molecule has 2 N–H and O–H groups in total. The van der Waals surface area contributed by atoms with Gasteiger partial charge in [-0.3, -0.25) is 9.79 Å². The second kappa shape index (κ2) is 11.4. The first-order chi connectivity index (χ1) is 13.6. The summed E-state index contributed by atoms with van der Waals surface area (Å²) in [5, 5.41) is 8.49. The molecule has 2 heterocycles. The zero-order valence-corrected chi connectivity index (χ0v) is 20.3. The zero-order chi connectivity index (χ0) is 19.9. The van der Waals surface area contributed by atoms with Gasteiger partial charge in [0.1, 0.15) is 5.75 Å². The summed E-state index contributed by atoms with van der Waals surface area (Å²) in [5.41, 5.74) is 3.49. The second-order valence-corrected chi connectivity index (χ2v) is 7.76. The molecule has 158 valence electrons. The number of rotatable bonds is 6. The van der Waals surface area contributed by atoms with E-state index in [1.807, 2.05) is 24.8 Å². The molecule has 29 heavy (non-hydrogen) atoms. The van der Waals surface area contributed by atoms with Crippen LogP contribution in [0, 0.1) is 6.92 Å². The van der Waals surface area contributed by atoms with Crippen molar-refractivity contribution in [3.05, 3.63) is 51.2 Å². The van der Waals surface area contributed by atoms with Gasteiger partial charge in [-0.2, -0.15) is 0 Å². The van der Waals surface area contributed by atoms with Crippen molar-refractivity contribution in [2.45, 2.75) is 33.4 Å². The third-order valence-corrected chi connectivity index (χ3v) is 5.78. The van der Waals surface area contributed by atoms with Gasteiger partial charge in [-0.15, -0.1) is 35.3 Å². The van der Waals surface area contributed by atoms with E-state index in [0.717, 1.165) is 29.8 Å². The summed E-state index contributed by atoms with van der Waals surface area (Å²) in [5.74, 6) is 1.57. The molecule has 1 aromatic carbocycles. The summed E-state index contributed by atoms with van der Waals surface area (Å²) in [6.07, 6.45) is 0.944. The topological polar surface area (TPSA) is 66.0 Å². The summed E-state index contributed by atoms with van der Waals surface area (Å²) >= 11 is 1.78. The Morgan fingerprint density at radius 1 is 1.31 bits per heavy atom. The lowest BCUT2D eigenvalue weighted by molar-refractivity contribution is -0.130. The molecule has 3 rings (SSSR count). The smallest absolute Gasteiger partial charge is 0.242 e. The van der Waals surface area contributed by atoms with Gasteiger partial charge in [0.15, 0.2) is 5.96 Å². The van der Waals surface area contributed by atoms with Gasteiger partial charge in [0.25, 0.3) is 0 Å². The number of carbonyl (C=O) groups excluding carboxylic acids is 1. The number of benzene rings is 1. The average Bonchev–Trinajstić information content (AvgIpc) is 3.17. The van der Waals surface area contributed by atoms with E-state index < -0.39 is 0 Å². The molecular formula is C21H29IN4O2S. The van der Waals surface area contributed by atoms with E-state index in [-0.39, 0.29) is 36.4 Å². The fourth-order valence-corrected chi connectivity index (χ4v) is 4.12. The summed E-state index contributed by atoms with van der Waals surface area (Å²) in [4.78, 5) is 20.1. The number of amides is 1.